The van der Waals surface area contributed by atoms with Crippen molar-refractivity contribution in [2.24, 2.45) is 47.2 Å². The zero-order valence-electron chi connectivity index (χ0n) is 42.0. The molecule has 1 aromatic carbocycles. The van der Waals surface area contributed by atoms with Gasteiger partial charge in [-0.3, -0.25) is 28.9 Å². The highest BCUT2D eigenvalue weighted by Crippen LogP contribution is 2.42. The third-order valence-electron chi connectivity index (χ3n) is 13.1. The average Bonchev–Trinajstić information content (AvgIpc) is 3.73. The van der Waals surface area contributed by atoms with Crippen LogP contribution in [0.4, 0.5) is 0 Å². The van der Waals surface area contributed by atoms with Gasteiger partial charge in [-0.15, -0.1) is 0 Å². The molecule has 0 spiro atoms. The maximum atomic E-state index is 14.6. The molecule has 2 aliphatic rings. The lowest BCUT2D eigenvalue weighted by atomic mass is 9.68. The van der Waals surface area contributed by atoms with E-state index in [9.17, 15) is 19.2 Å². The lowest BCUT2D eigenvalue weighted by Gasteiger charge is -2.46. The van der Waals surface area contributed by atoms with Crippen molar-refractivity contribution in [2.75, 3.05) is 39.2 Å². The minimum atomic E-state index is -0.663. The van der Waals surface area contributed by atoms with Gasteiger partial charge in [0.1, 0.15) is 6.04 Å². The van der Waals surface area contributed by atoms with Gasteiger partial charge in [0.2, 0.25) is 30.0 Å². The van der Waals surface area contributed by atoms with Gasteiger partial charge in [0.25, 0.3) is 0 Å². The van der Waals surface area contributed by atoms with Gasteiger partial charge >= 0.3 is 0 Å². The Bertz CT molecular complexity index is 1410. The van der Waals surface area contributed by atoms with Crippen LogP contribution in [0.5, 0.6) is 0 Å². The van der Waals surface area contributed by atoms with Gasteiger partial charge in [-0.25, -0.2) is 0 Å². The standard InChI is InChI=1S/C45H77N5O4S.2C2H6.CH3NO/c1-13-31(6)42(49(11)45(54)40(29(2)3)47-44(53)41(30(4)5)48(10)25-26-55-12)37(36-21-17-22-36)28-39(51)50-24-18-23-38(50)33(8)34(9)43(52)46-32(7)27-35-19-15-14-16-20-35;2*1-2;2-1-3/h14-16,19-20,29-34,36-38,40-42H,13,17-18,21-28H2,1-12H3,(H,46,52)(H,47,53);2*1-2H3;1H,(H2,2,3)/t31-,32?,33?,34+,37?,38-,40-,41?,42-;;;/m0.../s1. The summed E-state index contributed by atoms with van der Waals surface area (Å²) in [6.07, 6.45) is 9.46. The summed E-state index contributed by atoms with van der Waals surface area (Å²) in [5, 5.41) is 6.44. The van der Waals surface area contributed by atoms with Crippen molar-refractivity contribution in [3.05, 3.63) is 35.9 Å². The molecule has 1 heterocycles. The highest BCUT2D eigenvalue weighted by atomic mass is 32.2. The summed E-state index contributed by atoms with van der Waals surface area (Å²) in [6.45, 7) is 28.2. The number of nitrogens with one attached hydrogen (secondary N) is 2. The first-order chi connectivity index (χ1) is 29.4. The maximum absolute atomic E-state index is 14.6. The maximum Gasteiger partial charge on any atom is 0.245 e. The number of amides is 5. The summed E-state index contributed by atoms with van der Waals surface area (Å²) < 4.78 is 0. The van der Waals surface area contributed by atoms with Crippen LogP contribution < -0.4 is 16.4 Å². The number of thioether (sulfide) groups is 1. The number of benzene rings is 1. The van der Waals surface area contributed by atoms with Crippen LogP contribution in [0.15, 0.2) is 30.3 Å². The Morgan fingerprint density at radius 3 is 1.94 bits per heavy atom. The molecule has 11 nitrogen and oxygen atoms in total. The molecule has 358 valence electrons. The predicted molar refractivity (Wildman–Crippen MR) is 262 cm³/mol. The van der Waals surface area contributed by atoms with Gasteiger partial charge in [-0.05, 0) is 80.6 Å². The van der Waals surface area contributed by atoms with E-state index in [4.69, 9.17) is 4.79 Å². The van der Waals surface area contributed by atoms with E-state index in [0.717, 1.165) is 57.2 Å². The quantitative estimate of drug-likeness (QED) is 0.0995. The smallest absolute Gasteiger partial charge is 0.245 e. The molecule has 3 rings (SSSR count). The summed E-state index contributed by atoms with van der Waals surface area (Å²) in [7, 11) is 3.90. The third-order valence-corrected chi connectivity index (χ3v) is 13.7. The molecule has 1 aromatic rings. The molecule has 0 bridgehead atoms. The molecular formula is C50H92N6O5S. The van der Waals surface area contributed by atoms with Crippen molar-refractivity contribution >= 4 is 41.8 Å². The van der Waals surface area contributed by atoms with Crippen molar-refractivity contribution in [3.8, 4) is 0 Å². The molecule has 5 amide bonds. The fourth-order valence-electron chi connectivity index (χ4n) is 9.20. The van der Waals surface area contributed by atoms with Crippen LogP contribution in [0.3, 0.4) is 0 Å². The Morgan fingerprint density at radius 2 is 1.45 bits per heavy atom. The van der Waals surface area contributed by atoms with Crippen LogP contribution in [0.2, 0.25) is 0 Å². The lowest BCUT2D eigenvalue weighted by molar-refractivity contribution is -0.145. The second-order valence-electron chi connectivity index (χ2n) is 18.0. The van der Waals surface area contributed by atoms with Crippen molar-refractivity contribution in [1.82, 2.24) is 25.3 Å². The highest BCUT2D eigenvalue weighted by Gasteiger charge is 2.45. The molecule has 0 aromatic heterocycles. The number of likely N-dealkylation sites (N-methyl/N-ethyl adjacent to an activating group) is 2. The van der Waals surface area contributed by atoms with E-state index < -0.39 is 6.04 Å². The fourth-order valence-corrected chi connectivity index (χ4v) is 9.67. The first kappa shape index (κ1) is 58.9. The van der Waals surface area contributed by atoms with E-state index in [0.29, 0.717) is 18.9 Å². The van der Waals surface area contributed by atoms with E-state index in [2.05, 4.69) is 86.1 Å². The first-order valence-corrected chi connectivity index (χ1v) is 25.4. The van der Waals surface area contributed by atoms with Crippen molar-refractivity contribution in [3.63, 3.8) is 0 Å². The number of rotatable bonds is 22. The number of carbonyl (C=O) groups is 5. The minimum Gasteiger partial charge on any atom is -0.372 e. The SMILES string of the molecule is CC.CC.CC[C@H](C)[C@@H](C(CC(=O)N1CCC[C@H]1C(C)[C@@H](C)C(=O)NC(C)Cc1ccccc1)C1CCC1)N(C)C(=O)[C@@H](NC(=O)C(C(C)C)N(C)CCSC)C(C)C.NC=O. The molecule has 12 heteroatoms. The second-order valence-corrected chi connectivity index (χ2v) is 18.9. The monoisotopic (exact) mass is 889 g/mol. The molecule has 9 atom stereocenters. The Hall–Kier alpha value is -3.12. The number of hydrogen-bond donors (Lipinski definition) is 3. The Morgan fingerprint density at radius 1 is 0.871 bits per heavy atom. The fraction of sp³-hybridized carbons (Fsp3) is 0.780. The predicted octanol–water partition coefficient (Wildman–Crippen LogP) is 8.29. The third kappa shape index (κ3) is 18.2. The normalized spacial score (nSPS) is 18.7. The van der Waals surface area contributed by atoms with Gasteiger partial charge in [0, 0.05) is 56.4 Å². The van der Waals surface area contributed by atoms with E-state index in [-0.39, 0.29) is 89.7 Å². The van der Waals surface area contributed by atoms with E-state index >= 15 is 0 Å². The average molecular weight is 889 g/mol. The van der Waals surface area contributed by atoms with Gasteiger partial charge in [0.05, 0.1) is 6.04 Å². The number of nitrogens with two attached hydrogens (primary N) is 1. The van der Waals surface area contributed by atoms with Gasteiger partial charge in [-0.2, -0.15) is 11.8 Å². The highest BCUT2D eigenvalue weighted by molar-refractivity contribution is 7.98. The van der Waals surface area contributed by atoms with Gasteiger partial charge in [0.15, 0.2) is 0 Å². The molecule has 4 N–H and O–H groups in total. The lowest BCUT2D eigenvalue weighted by Crippen LogP contribution is -2.59. The molecule has 1 saturated carbocycles. The second kappa shape index (κ2) is 31.7. The van der Waals surface area contributed by atoms with Crippen LogP contribution in [-0.4, -0.2) is 114 Å². The number of likely N-dealkylation sites (tertiary alicyclic amines) is 1. The Labute approximate surface area is 383 Å². The summed E-state index contributed by atoms with van der Waals surface area (Å²) in [4.78, 5) is 71.2. The van der Waals surface area contributed by atoms with Crippen molar-refractivity contribution in [1.29, 1.82) is 0 Å². The summed E-state index contributed by atoms with van der Waals surface area (Å²) in [5.74, 6) is 1.26. The van der Waals surface area contributed by atoms with Gasteiger partial charge < -0.3 is 26.2 Å². The van der Waals surface area contributed by atoms with Crippen molar-refractivity contribution in [2.45, 2.75) is 172 Å². The first-order valence-electron chi connectivity index (χ1n) is 24.0. The zero-order chi connectivity index (χ0) is 47.7. The molecule has 1 aliphatic carbocycles. The summed E-state index contributed by atoms with van der Waals surface area (Å²) in [5.41, 5.74) is 5.36. The molecule has 62 heavy (non-hydrogen) atoms. The van der Waals surface area contributed by atoms with Crippen LogP contribution in [0, 0.1) is 41.4 Å². The van der Waals surface area contributed by atoms with Crippen molar-refractivity contribution < 1.29 is 24.0 Å². The van der Waals surface area contributed by atoms with Crippen LogP contribution in [-0.2, 0) is 30.4 Å². The van der Waals surface area contributed by atoms with E-state index in [1.165, 1.54) is 5.56 Å². The minimum absolute atomic E-state index is 0.00428. The summed E-state index contributed by atoms with van der Waals surface area (Å²) in [6, 6.07) is 9.11. The van der Waals surface area contributed by atoms with Gasteiger partial charge in [-0.1, -0.05) is 139 Å². The van der Waals surface area contributed by atoms with Crippen LogP contribution in [0.25, 0.3) is 0 Å². The molecule has 2 fully saturated rings. The van der Waals surface area contributed by atoms with Crippen LogP contribution >= 0.6 is 11.8 Å². The number of primary amides is 1. The largest absolute Gasteiger partial charge is 0.372 e. The van der Waals surface area contributed by atoms with Crippen LogP contribution in [0.1, 0.15) is 141 Å². The summed E-state index contributed by atoms with van der Waals surface area (Å²) >= 11 is 1.76. The van der Waals surface area contributed by atoms with E-state index in [1.54, 1.807) is 11.8 Å². The number of carbonyl (C=O) groups excluding carboxylic acids is 5. The zero-order valence-corrected chi connectivity index (χ0v) is 42.9. The molecule has 1 saturated heterocycles. The molecule has 1 aliphatic heterocycles. The Kier molecular flexibility index (Phi) is 30.1. The molecule has 0 radical (unpaired) electrons. The Balaban J connectivity index is 0.00000501. The number of hydrogen-bond acceptors (Lipinski definition) is 7. The molecule has 4 unspecified atom stereocenters. The number of nitrogens with zero attached hydrogens (tertiary/aromatic N) is 3. The molecular weight excluding hydrogens is 797 g/mol. The topological polar surface area (TPSA) is 145 Å². The van der Waals surface area contributed by atoms with E-state index in [1.807, 2.05) is 85.7 Å².